The lowest BCUT2D eigenvalue weighted by molar-refractivity contribution is 0.268. The van der Waals surface area contributed by atoms with Gasteiger partial charge in [-0.15, -0.1) is 0 Å². The number of aromatic nitrogens is 2. The van der Waals surface area contributed by atoms with Gasteiger partial charge in [0.1, 0.15) is 4.60 Å². The molecule has 0 N–H and O–H groups in total. The van der Waals surface area contributed by atoms with Crippen LogP contribution in [0.5, 0.6) is 0 Å². The lowest BCUT2D eigenvalue weighted by Crippen LogP contribution is -2.28. The summed E-state index contributed by atoms with van der Waals surface area (Å²) in [6.07, 6.45) is 5.75. The fourth-order valence-corrected chi connectivity index (χ4v) is 2.44. The van der Waals surface area contributed by atoms with E-state index in [1.54, 1.807) is 0 Å². The number of aryl methyl sites for hydroxylation is 1. The minimum atomic E-state index is -0.0389. The molecule has 0 bridgehead atoms. The van der Waals surface area contributed by atoms with Crippen molar-refractivity contribution in [2.45, 2.75) is 13.1 Å². The van der Waals surface area contributed by atoms with Gasteiger partial charge in [-0.1, -0.05) is 11.6 Å². The molecule has 0 aliphatic carbocycles. The van der Waals surface area contributed by atoms with E-state index in [4.69, 9.17) is 11.6 Å². The summed E-state index contributed by atoms with van der Waals surface area (Å²) < 4.78 is 2.72. The van der Waals surface area contributed by atoms with Gasteiger partial charge in [-0.05, 0) is 41.1 Å². The third-order valence-electron chi connectivity index (χ3n) is 2.33. The van der Waals surface area contributed by atoms with E-state index in [-0.39, 0.29) is 6.17 Å². The summed E-state index contributed by atoms with van der Waals surface area (Å²) in [7, 11) is 1.98. The van der Waals surface area contributed by atoms with Gasteiger partial charge in [-0.2, -0.15) is 5.10 Å². The first-order chi connectivity index (χ1) is 7.09. The lowest BCUT2D eigenvalue weighted by Gasteiger charge is -2.29. The van der Waals surface area contributed by atoms with Crippen LogP contribution in [0.3, 0.4) is 0 Å². The molecule has 1 atom stereocenters. The van der Waals surface area contributed by atoms with Crippen LogP contribution < -0.4 is 0 Å². The van der Waals surface area contributed by atoms with Gasteiger partial charge in [-0.3, -0.25) is 0 Å². The number of hydrogen-bond acceptors (Lipinski definition) is 2. The predicted octanol–water partition coefficient (Wildman–Crippen LogP) is 3.03. The molecule has 1 aliphatic heterocycles. The van der Waals surface area contributed by atoms with Crippen LogP contribution in [0.2, 0.25) is 0 Å². The first-order valence-electron chi connectivity index (χ1n) is 4.57. The van der Waals surface area contributed by atoms with Crippen molar-refractivity contribution in [2.24, 2.45) is 0 Å². The van der Waals surface area contributed by atoms with Gasteiger partial charge in [-0.25, -0.2) is 4.68 Å². The molecule has 0 fully saturated rings. The molecule has 2 rings (SSSR count). The van der Waals surface area contributed by atoms with Gasteiger partial charge in [0.15, 0.2) is 6.17 Å². The van der Waals surface area contributed by atoms with Crippen molar-refractivity contribution >= 4 is 27.5 Å². The Morgan fingerprint density at radius 1 is 1.53 bits per heavy atom. The molecule has 1 aromatic heterocycles. The fourth-order valence-electron chi connectivity index (χ4n) is 1.62. The lowest BCUT2D eigenvalue weighted by atomic mass is 10.3. The molecule has 0 spiro atoms. The molecule has 0 amide bonds. The van der Waals surface area contributed by atoms with Gasteiger partial charge >= 0.3 is 0 Å². The van der Waals surface area contributed by atoms with Crippen molar-refractivity contribution in [2.75, 3.05) is 7.05 Å². The summed E-state index contributed by atoms with van der Waals surface area (Å²) in [4.78, 5) is 2.02. The molecular formula is C10H11BrClN3. The second-order valence-electron chi connectivity index (χ2n) is 3.49. The zero-order chi connectivity index (χ0) is 11.0. The van der Waals surface area contributed by atoms with Crippen molar-refractivity contribution in [3.63, 3.8) is 0 Å². The summed E-state index contributed by atoms with van der Waals surface area (Å²) in [6.45, 7) is 2.01. The Balaban J connectivity index is 2.42. The number of hydrogen-bond donors (Lipinski definition) is 0. The Morgan fingerprint density at radius 3 is 2.80 bits per heavy atom. The third-order valence-corrected chi connectivity index (χ3v) is 3.04. The number of likely N-dealkylation sites (N-methyl/N-ethyl adjacent to an activating group) is 1. The van der Waals surface area contributed by atoms with E-state index in [1.807, 2.05) is 48.0 Å². The maximum atomic E-state index is 6.19. The van der Waals surface area contributed by atoms with E-state index in [0.29, 0.717) is 0 Å². The van der Waals surface area contributed by atoms with Crippen LogP contribution in [-0.2, 0) is 0 Å². The maximum Gasteiger partial charge on any atom is 0.159 e. The van der Waals surface area contributed by atoms with Crippen molar-refractivity contribution in [1.82, 2.24) is 14.7 Å². The summed E-state index contributed by atoms with van der Waals surface area (Å²) in [6, 6.07) is 1.97. The van der Waals surface area contributed by atoms with Gasteiger partial charge in [0, 0.05) is 18.9 Å². The highest BCUT2D eigenvalue weighted by atomic mass is 79.9. The summed E-state index contributed by atoms with van der Waals surface area (Å²) in [5.41, 5.74) is 1.07. The quantitative estimate of drug-likeness (QED) is 0.792. The van der Waals surface area contributed by atoms with Gasteiger partial charge in [0.25, 0.3) is 0 Å². The van der Waals surface area contributed by atoms with Crippen LogP contribution in [0.15, 0.2) is 34.1 Å². The number of halogens is 2. The van der Waals surface area contributed by atoms with Crippen molar-refractivity contribution < 1.29 is 0 Å². The first kappa shape index (κ1) is 10.8. The van der Waals surface area contributed by atoms with Crippen molar-refractivity contribution in [1.29, 1.82) is 0 Å². The highest BCUT2D eigenvalue weighted by Crippen LogP contribution is 2.29. The predicted molar refractivity (Wildman–Crippen MR) is 64.5 cm³/mol. The van der Waals surface area contributed by atoms with Gasteiger partial charge in [0.05, 0.1) is 5.03 Å². The van der Waals surface area contributed by atoms with Crippen LogP contribution in [0.4, 0.5) is 0 Å². The maximum absolute atomic E-state index is 6.19. The molecule has 80 valence electrons. The summed E-state index contributed by atoms with van der Waals surface area (Å²) >= 11 is 9.54. The second-order valence-corrected chi connectivity index (χ2v) is 4.73. The monoisotopic (exact) mass is 287 g/mol. The smallest absolute Gasteiger partial charge is 0.159 e. The molecule has 1 unspecified atom stereocenters. The van der Waals surface area contributed by atoms with Crippen LogP contribution in [0.1, 0.15) is 11.9 Å². The van der Waals surface area contributed by atoms with E-state index in [0.717, 1.165) is 15.3 Å². The Bertz CT molecular complexity index is 436. The molecule has 0 radical (unpaired) electrons. The minimum Gasteiger partial charge on any atom is -0.355 e. The standard InChI is InChI=1S/C10H11BrClN3/c1-7-6-9(11)13-15(7)10-8(12)4-3-5-14(10)2/h3-6,10H,1-2H3. The Hall–Kier alpha value is -0.740. The fraction of sp³-hybridized carbons (Fsp3) is 0.300. The number of allylic oxidation sites excluding steroid dienone is 2. The second kappa shape index (κ2) is 4.02. The Kier molecular flexibility index (Phi) is 2.89. The normalized spacial score (nSPS) is 20.7. The van der Waals surface area contributed by atoms with Crippen LogP contribution in [0.25, 0.3) is 0 Å². The summed E-state index contributed by atoms with van der Waals surface area (Å²) in [5, 5.41) is 5.13. The molecule has 15 heavy (non-hydrogen) atoms. The van der Waals surface area contributed by atoms with Gasteiger partial charge < -0.3 is 4.90 Å². The molecule has 3 nitrogen and oxygen atoms in total. The largest absolute Gasteiger partial charge is 0.355 e. The Morgan fingerprint density at radius 2 is 2.27 bits per heavy atom. The van der Waals surface area contributed by atoms with E-state index < -0.39 is 0 Å². The van der Waals surface area contributed by atoms with Crippen molar-refractivity contribution in [3.05, 3.63) is 39.7 Å². The van der Waals surface area contributed by atoms with E-state index in [1.165, 1.54) is 0 Å². The molecule has 1 aliphatic rings. The van der Waals surface area contributed by atoms with Crippen LogP contribution >= 0.6 is 27.5 Å². The SMILES string of the molecule is Cc1cc(Br)nn1C1C(Cl)=CC=CN1C. The molecule has 5 heteroatoms. The highest BCUT2D eigenvalue weighted by Gasteiger charge is 2.22. The zero-order valence-corrected chi connectivity index (χ0v) is 10.8. The van der Waals surface area contributed by atoms with E-state index in [2.05, 4.69) is 21.0 Å². The molecule has 0 saturated carbocycles. The molecule has 1 aromatic rings. The average Bonchev–Trinajstić information content (AvgIpc) is 2.45. The summed E-state index contributed by atoms with van der Waals surface area (Å²) in [5.74, 6) is 0. The topological polar surface area (TPSA) is 21.1 Å². The average molecular weight is 289 g/mol. The van der Waals surface area contributed by atoms with Crippen LogP contribution in [-0.4, -0.2) is 21.7 Å². The number of rotatable bonds is 1. The number of nitrogens with zero attached hydrogens (tertiary/aromatic N) is 3. The molecular weight excluding hydrogens is 277 g/mol. The first-order valence-corrected chi connectivity index (χ1v) is 5.74. The van der Waals surface area contributed by atoms with E-state index >= 15 is 0 Å². The van der Waals surface area contributed by atoms with E-state index in [9.17, 15) is 0 Å². The van der Waals surface area contributed by atoms with Crippen molar-refractivity contribution in [3.8, 4) is 0 Å². The third kappa shape index (κ3) is 1.96. The minimum absolute atomic E-state index is 0.0389. The highest BCUT2D eigenvalue weighted by molar-refractivity contribution is 9.10. The Labute approximate surface area is 102 Å². The molecule has 0 aromatic carbocycles. The van der Waals surface area contributed by atoms with Gasteiger partial charge in [0.2, 0.25) is 0 Å². The zero-order valence-electron chi connectivity index (χ0n) is 8.48. The van der Waals surface area contributed by atoms with Crippen LogP contribution in [0, 0.1) is 6.92 Å². The molecule has 0 saturated heterocycles. The molecule has 2 heterocycles.